The first kappa shape index (κ1) is 15.8. The lowest BCUT2D eigenvalue weighted by Crippen LogP contribution is -2.32. The average molecular weight is 306 g/mol. The van der Waals surface area contributed by atoms with Gasteiger partial charge in [0.05, 0.1) is 6.04 Å². The lowest BCUT2D eigenvalue weighted by molar-refractivity contribution is 0.285. The van der Waals surface area contributed by atoms with Crippen molar-refractivity contribution in [3.63, 3.8) is 0 Å². The van der Waals surface area contributed by atoms with Gasteiger partial charge in [-0.3, -0.25) is 0 Å². The summed E-state index contributed by atoms with van der Waals surface area (Å²) in [6.07, 6.45) is 0. The van der Waals surface area contributed by atoms with E-state index < -0.39 is 0 Å². The molecule has 2 rings (SSSR count). The number of aromatic hydroxyl groups is 2. The Morgan fingerprint density at radius 3 is 2.57 bits per heavy atom. The van der Waals surface area contributed by atoms with E-state index in [1.54, 1.807) is 23.5 Å². The molecule has 2 atom stereocenters. The Labute approximate surface area is 129 Å². The third-order valence-corrected chi connectivity index (χ3v) is 4.57. The molecule has 3 N–H and O–H groups in total. The van der Waals surface area contributed by atoms with Gasteiger partial charge < -0.3 is 20.4 Å². The molecule has 5 heteroatoms. The number of benzene rings is 1. The van der Waals surface area contributed by atoms with Crippen LogP contribution >= 0.6 is 11.3 Å². The fourth-order valence-corrected chi connectivity index (χ4v) is 3.24. The van der Waals surface area contributed by atoms with E-state index in [1.807, 2.05) is 6.92 Å². The van der Waals surface area contributed by atoms with Crippen molar-refractivity contribution in [2.45, 2.75) is 19.0 Å². The van der Waals surface area contributed by atoms with E-state index in [0.29, 0.717) is 6.04 Å². The molecule has 0 aliphatic rings. The summed E-state index contributed by atoms with van der Waals surface area (Å²) in [6.45, 7) is 2.79. The molecule has 114 valence electrons. The molecule has 0 aliphatic carbocycles. The molecule has 4 nitrogen and oxygen atoms in total. The van der Waals surface area contributed by atoms with Crippen LogP contribution in [0.4, 0.5) is 0 Å². The largest absolute Gasteiger partial charge is 0.508 e. The number of phenolic OH excluding ortho intramolecular Hbond substituents is 2. The molecule has 0 bridgehead atoms. The van der Waals surface area contributed by atoms with Crippen LogP contribution in [0.2, 0.25) is 0 Å². The molecule has 2 unspecified atom stereocenters. The second kappa shape index (κ2) is 6.93. The van der Waals surface area contributed by atoms with Gasteiger partial charge >= 0.3 is 0 Å². The zero-order chi connectivity index (χ0) is 15.4. The van der Waals surface area contributed by atoms with E-state index >= 15 is 0 Å². The van der Waals surface area contributed by atoms with Gasteiger partial charge in [-0.25, -0.2) is 0 Å². The zero-order valence-corrected chi connectivity index (χ0v) is 13.4. The molecule has 2 aromatic rings. The first-order valence-electron chi connectivity index (χ1n) is 6.94. The minimum Gasteiger partial charge on any atom is -0.508 e. The van der Waals surface area contributed by atoms with Gasteiger partial charge in [-0.2, -0.15) is 0 Å². The number of phenols is 2. The van der Waals surface area contributed by atoms with Crippen molar-refractivity contribution in [1.82, 2.24) is 10.2 Å². The second-order valence-corrected chi connectivity index (χ2v) is 6.35. The summed E-state index contributed by atoms with van der Waals surface area (Å²) in [6, 6.07) is 9.22. The van der Waals surface area contributed by atoms with Gasteiger partial charge in [0.1, 0.15) is 11.5 Å². The predicted octanol–water partition coefficient (Wildman–Crippen LogP) is 3.11. The Kier molecular flexibility index (Phi) is 5.22. The topological polar surface area (TPSA) is 55.7 Å². The van der Waals surface area contributed by atoms with Gasteiger partial charge in [-0.1, -0.05) is 12.1 Å². The van der Waals surface area contributed by atoms with Crippen molar-refractivity contribution in [3.8, 4) is 11.5 Å². The third kappa shape index (κ3) is 3.97. The maximum atomic E-state index is 9.91. The summed E-state index contributed by atoms with van der Waals surface area (Å²) in [5.74, 6) is 0.195. The van der Waals surface area contributed by atoms with E-state index in [0.717, 1.165) is 12.1 Å². The molecule has 0 amide bonds. The smallest absolute Gasteiger partial charge is 0.124 e. The van der Waals surface area contributed by atoms with Crippen LogP contribution in [0.3, 0.4) is 0 Å². The first-order chi connectivity index (χ1) is 9.99. The van der Waals surface area contributed by atoms with E-state index in [2.05, 4.69) is 41.8 Å². The van der Waals surface area contributed by atoms with Crippen molar-refractivity contribution in [1.29, 1.82) is 0 Å². The number of thiophene rings is 1. The molecule has 1 heterocycles. The van der Waals surface area contributed by atoms with Crippen LogP contribution in [-0.4, -0.2) is 35.8 Å². The first-order valence-corrected chi connectivity index (χ1v) is 7.82. The highest BCUT2D eigenvalue weighted by atomic mass is 32.1. The summed E-state index contributed by atoms with van der Waals surface area (Å²) in [5.41, 5.74) is 0.788. The normalized spacial score (nSPS) is 14.3. The summed E-state index contributed by atoms with van der Waals surface area (Å²) in [4.78, 5) is 3.50. The molecular weight excluding hydrogens is 284 g/mol. The Bertz CT molecular complexity index is 570. The third-order valence-electron chi connectivity index (χ3n) is 3.59. The van der Waals surface area contributed by atoms with E-state index in [-0.39, 0.29) is 17.5 Å². The number of hydrogen-bond acceptors (Lipinski definition) is 5. The van der Waals surface area contributed by atoms with Crippen LogP contribution in [0.1, 0.15) is 29.4 Å². The maximum Gasteiger partial charge on any atom is 0.124 e. The van der Waals surface area contributed by atoms with Crippen LogP contribution in [-0.2, 0) is 0 Å². The number of nitrogens with one attached hydrogen (secondary N) is 1. The molecule has 0 aliphatic heterocycles. The van der Waals surface area contributed by atoms with E-state index in [4.69, 9.17) is 0 Å². The number of hydrogen-bond donors (Lipinski definition) is 3. The highest BCUT2D eigenvalue weighted by molar-refractivity contribution is 7.10. The lowest BCUT2D eigenvalue weighted by Gasteiger charge is -2.26. The van der Waals surface area contributed by atoms with Gasteiger partial charge in [0.2, 0.25) is 0 Å². The van der Waals surface area contributed by atoms with Crippen LogP contribution in [0, 0.1) is 0 Å². The van der Waals surface area contributed by atoms with E-state index in [9.17, 15) is 10.2 Å². The van der Waals surface area contributed by atoms with Crippen LogP contribution in [0.25, 0.3) is 0 Å². The lowest BCUT2D eigenvalue weighted by atomic mass is 10.1. The molecular formula is C16H22N2O2S. The fraction of sp³-hybridized carbons (Fsp3) is 0.375. The molecule has 21 heavy (non-hydrogen) atoms. The molecule has 0 spiro atoms. The van der Waals surface area contributed by atoms with Crippen LogP contribution in [0.5, 0.6) is 11.5 Å². The summed E-state index contributed by atoms with van der Waals surface area (Å²) in [5, 5.41) is 24.8. The highest BCUT2D eigenvalue weighted by Gasteiger charge is 2.17. The number of likely N-dealkylation sites (N-methyl/N-ethyl adjacent to an activating group) is 1. The van der Waals surface area contributed by atoms with Gasteiger partial charge in [-0.15, -0.1) is 11.3 Å². The molecule has 1 aromatic heterocycles. The van der Waals surface area contributed by atoms with Crippen molar-refractivity contribution < 1.29 is 10.2 Å². The fourth-order valence-electron chi connectivity index (χ4n) is 2.32. The Balaban J connectivity index is 2.03. The SMILES string of the molecule is CC(NCC(c1cccs1)N(C)C)c1ccc(O)cc1O. The number of rotatable bonds is 6. The molecule has 0 saturated carbocycles. The highest BCUT2D eigenvalue weighted by Crippen LogP contribution is 2.29. The quantitative estimate of drug-likeness (QED) is 0.767. The van der Waals surface area contributed by atoms with Gasteiger partial charge in [0.25, 0.3) is 0 Å². The van der Waals surface area contributed by atoms with Crippen molar-refractivity contribution in [2.24, 2.45) is 0 Å². The standard InChI is InChI=1S/C16H22N2O2S/c1-11(13-7-6-12(19)9-15(13)20)17-10-14(18(2)3)16-5-4-8-21-16/h4-9,11,14,17,19-20H,10H2,1-3H3. The summed E-state index contributed by atoms with van der Waals surface area (Å²) < 4.78 is 0. The van der Waals surface area contributed by atoms with Crippen molar-refractivity contribution >= 4 is 11.3 Å². The van der Waals surface area contributed by atoms with Crippen LogP contribution < -0.4 is 5.32 Å². The number of nitrogens with zero attached hydrogens (tertiary/aromatic N) is 1. The summed E-state index contributed by atoms with van der Waals surface area (Å²) >= 11 is 1.75. The monoisotopic (exact) mass is 306 g/mol. The summed E-state index contributed by atoms with van der Waals surface area (Å²) in [7, 11) is 4.13. The van der Waals surface area contributed by atoms with Crippen LogP contribution in [0.15, 0.2) is 35.7 Å². The minimum atomic E-state index is 0.00742. The second-order valence-electron chi connectivity index (χ2n) is 5.37. The Morgan fingerprint density at radius 2 is 2.00 bits per heavy atom. The molecule has 0 radical (unpaired) electrons. The average Bonchev–Trinajstić information content (AvgIpc) is 2.92. The Hall–Kier alpha value is -1.56. The minimum absolute atomic E-state index is 0.00742. The molecule has 1 aromatic carbocycles. The van der Waals surface area contributed by atoms with Crippen molar-refractivity contribution in [2.75, 3.05) is 20.6 Å². The molecule has 0 fully saturated rings. The Morgan fingerprint density at radius 1 is 1.24 bits per heavy atom. The van der Waals surface area contributed by atoms with Gasteiger partial charge in [0.15, 0.2) is 0 Å². The zero-order valence-electron chi connectivity index (χ0n) is 12.6. The molecule has 0 saturated heterocycles. The van der Waals surface area contributed by atoms with Gasteiger partial charge in [0, 0.05) is 29.1 Å². The van der Waals surface area contributed by atoms with E-state index in [1.165, 1.54) is 10.9 Å². The van der Waals surface area contributed by atoms with Gasteiger partial charge in [-0.05, 0) is 38.5 Å². The predicted molar refractivity (Wildman–Crippen MR) is 86.9 cm³/mol. The maximum absolute atomic E-state index is 9.91. The van der Waals surface area contributed by atoms with Crippen molar-refractivity contribution in [3.05, 3.63) is 46.2 Å².